The second-order valence-electron chi connectivity index (χ2n) is 4.84. The number of hydrogen-bond donors (Lipinski definition) is 1. The lowest BCUT2D eigenvalue weighted by Gasteiger charge is -2.38. The van der Waals surface area contributed by atoms with Gasteiger partial charge < -0.3 is 10.6 Å². The highest BCUT2D eigenvalue weighted by atomic mass is 35.5. The third-order valence-corrected chi connectivity index (χ3v) is 3.97. The molecule has 2 N–H and O–H groups in total. The average Bonchev–Trinajstić information content (AvgIpc) is 2.39. The van der Waals surface area contributed by atoms with Crippen LogP contribution in [0, 0.1) is 17.2 Å². The molecule has 0 amide bonds. The highest BCUT2D eigenvalue weighted by Gasteiger charge is 2.26. The molecule has 0 aliphatic carbocycles. The van der Waals surface area contributed by atoms with Gasteiger partial charge in [-0.2, -0.15) is 5.26 Å². The first-order valence-electron chi connectivity index (χ1n) is 6.36. The zero-order chi connectivity index (χ0) is 13.1. The molecule has 2 atom stereocenters. The first-order valence-corrected chi connectivity index (χ1v) is 6.73. The summed E-state index contributed by atoms with van der Waals surface area (Å²) in [6.07, 6.45) is 2.04. The van der Waals surface area contributed by atoms with Crippen LogP contribution in [0.3, 0.4) is 0 Å². The Bertz CT molecular complexity index is 467. The summed E-state index contributed by atoms with van der Waals surface area (Å²) in [6.45, 7) is 3.97. The van der Waals surface area contributed by atoms with E-state index in [2.05, 4.69) is 17.9 Å². The minimum atomic E-state index is 0.274. The highest BCUT2D eigenvalue weighted by molar-refractivity contribution is 6.30. The van der Waals surface area contributed by atoms with Crippen LogP contribution >= 0.6 is 11.6 Å². The SMILES string of the molecule is CCC1CN(c2cc(Cl)ccc2C#N)CCC1N. The number of nitriles is 1. The van der Waals surface area contributed by atoms with Gasteiger partial charge in [-0.25, -0.2) is 0 Å². The first-order chi connectivity index (χ1) is 8.65. The van der Waals surface area contributed by atoms with Crippen LogP contribution in [0.5, 0.6) is 0 Å². The Morgan fingerprint density at radius 2 is 2.33 bits per heavy atom. The molecule has 1 aromatic rings. The Balaban J connectivity index is 2.27. The molecule has 3 nitrogen and oxygen atoms in total. The number of anilines is 1. The number of nitrogens with two attached hydrogens (primary N) is 1. The van der Waals surface area contributed by atoms with Crippen molar-refractivity contribution in [2.45, 2.75) is 25.8 Å². The van der Waals surface area contributed by atoms with Gasteiger partial charge >= 0.3 is 0 Å². The standard InChI is InChI=1S/C14H18ClN3/c1-2-10-9-18(6-5-13(10)17)14-7-12(15)4-3-11(14)8-16/h3-4,7,10,13H,2,5-6,9,17H2,1H3. The third-order valence-electron chi connectivity index (χ3n) is 3.74. The molecule has 18 heavy (non-hydrogen) atoms. The van der Waals surface area contributed by atoms with Gasteiger partial charge in [0.25, 0.3) is 0 Å². The molecular weight excluding hydrogens is 246 g/mol. The summed E-state index contributed by atoms with van der Waals surface area (Å²) in [5, 5.41) is 9.84. The van der Waals surface area contributed by atoms with E-state index in [0.717, 1.165) is 31.6 Å². The zero-order valence-electron chi connectivity index (χ0n) is 10.6. The maximum atomic E-state index is 9.17. The fourth-order valence-electron chi connectivity index (χ4n) is 2.56. The molecule has 1 aliphatic rings. The van der Waals surface area contributed by atoms with Gasteiger partial charge in [0, 0.05) is 24.2 Å². The lowest BCUT2D eigenvalue weighted by Crippen LogP contribution is -2.47. The Morgan fingerprint density at radius 3 is 3.00 bits per heavy atom. The predicted octanol–water partition coefficient (Wildman–Crippen LogP) is 2.78. The lowest BCUT2D eigenvalue weighted by molar-refractivity contribution is 0.348. The molecular formula is C14H18ClN3. The van der Waals surface area contributed by atoms with Gasteiger partial charge in [0.15, 0.2) is 0 Å². The van der Waals surface area contributed by atoms with Crippen molar-refractivity contribution in [1.29, 1.82) is 5.26 Å². The molecule has 0 spiro atoms. The van der Waals surface area contributed by atoms with Crippen LogP contribution in [0.1, 0.15) is 25.3 Å². The molecule has 0 aromatic heterocycles. The largest absolute Gasteiger partial charge is 0.370 e. The Hall–Kier alpha value is -1.24. The van der Waals surface area contributed by atoms with Crippen LogP contribution < -0.4 is 10.6 Å². The van der Waals surface area contributed by atoms with Crippen LogP contribution in [-0.4, -0.2) is 19.1 Å². The van der Waals surface area contributed by atoms with Crippen LogP contribution in [-0.2, 0) is 0 Å². The van der Waals surface area contributed by atoms with Crippen LogP contribution in [0.4, 0.5) is 5.69 Å². The second kappa shape index (κ2) is 5.60. The first kappa shape index (κ1) is 13.2. The lowest BCUT2D eigenvalue weighted by atomic mass is 9.90. The average molecular weight is 264 g/mol. The van der Waals surface area contributed by atoms with E-state index in [4.69, 9.17) is 17.3 Å². The number of nitrogens with zero attached hydrogens (tertiary/aromatic N) is 2. The van der Waals surface area contributed by atoms with E-state index in [1.165, 1.54) is 0 Å². The Kier molecular flexibility index (Phi) is 4.11. The van der Waals surface area contributed by atoms with E-state index < -0.39 is 0 Å². The molecule has 0 bridgehead atoms. The fourth-order valence-corrected chi connectivity index (χ4v) is 2.73. The summed E-state index contributed by atoms with van der Waals surface area (Å²) in [6, 6.07) is 7.93. The predicted molar refractivity (Wildman–Crippen MR) is 74.8 cm³/mol. The molecule has 1 heterocycles. The molecule has 2 rings (SSSR count). The second-order valence-corrected chi connectivity index (χ2v) is 5.28. The van der Waals surface area contributed by atoms with Crippen molar-refractivity contribution in [2.75, 3.05) is 18.0 Å². The monoisotopic (exact) mass is 263 g/mol. The van der Waals surface area contributed by atoms with E-state index in [-0.39, 0.29) is 6.04 Å². The maximum Gasteiger partial charge on any atom is 0.101 e. The van der Waals surface area contributed by atoms with Crippen LogP contribution in [0.15, 0.2) is 18.2 Å². The van der Waals surface area contributed by atoms with Gasteiger partial charge in [-0.05, 0) is 30.5 Å². The molecule has 4 heteroatoms. The minimum Gasteiger partial charge on any atom is -0.370 e. The van der Waals surface area contributed by atoms with E-state index in [1.807, 2.05) is 6.07 Å². The normalized spacial score (nSPS) is 23.8. The van der Waals surface area contributed by atoms with E-state index >= 15 is 0 Å². The third kappa shape index (κ3) is 2.60. The zero-order valence-corrected chi connectivity index (χ0v) is 11.3. The number of hydrogen-bond acceptors (Lipinski definition) is 3. The van der Waals surface area contributed by atoms with Crippen molar-refractivity contribution in [3.8, 4) is 6.07 Å². The molecule has 1 saturated heterocycles. The molecule has 1 aliphatic heterocycles. The van der Waals surface area contributed by atoms with Gasteiger partial charge in [-0.1, -0.05) is 24.9 Å². The van der Waals surface area contributed by atoms with Crippen molar-refractivity contribution < 1.29 is 0 Å². The summed E-state index contributed by atoms with van der Waals surface area (Å²) >= 11 is 6.03. The summed E-state index contributed by atoms with van der Waals surface area (Å²) in [7, 11) is 0. The van der Waals surface area contributed by atoms with Crippen molar-refractivity contribution in [3.05, 3.63) is 28.8 Å². The molecule has 2 unspecified atom stereocenters. The van der Waals surface area contributed by atoms with Crippen LogP contribution in [0.2, 0.25) is 5.02 Å². The Morgan fingerprint density at radius 1 is 1.56 bits per heavy atom. The Labute approximate surface area is 113 Å². The van der Waals surface area contributed by atoms with E-state index in [0.29, 0.717) is 16.5 Å². The molecule has 0 radical (unpaired) electrons. The van der Waals surface area contributed by atoms with Crippen molar-refractivity contribution in [1.82, 2.24) is 0 Å². The molecule has 1 aromatic carbocycles. The van der Waals surface area contributed by atoms with Gasteiger partial charge in [-0.3, -0.25) is 0 Å². The molecule has 96 valence electrons. The summed E-state index contributed by atoms with van der Waals surface area (Å²) in [4.78, 5) is 2.24. The van der Waals surface area contributed by atoms with Crippen molar-refractivity contribution >= 4 is 17.3 Å². The smallest absolute Gasteiger partial charge is 0.101 e. The minimum absolute atomic E-state index is 0.274. The maximum absolute atomic E-state index is 9.17. The van der Waals surface area contributed by atoms with Crippen molar-refractivity contribution in [2.24, 2.45) is 11.7 Å². The molecule has 1 fully saturated rings. The van der Waals surface area contributed by atoms with Gasteiger partial charge in [0.2, 0.25) is 0 Å². The van der Waals surface area contributed by atoms with E-state index in [9.17, 15) is 5.26 Å². The number of piperidine rings is 1. The number of benzene rings is 1. The quantitative estimate of drug-likeness (QED) is 0.893. The highest BCUT2D eigenvalue weighted by Crippen LogP contribution is 2.29. The molecule has 0 saturated carbocycles. The van der Waals surface area contributed by atoms with E-state index in [1.54, 1.807) is 12.1 Å². The van der Waals surface area contributed by atoms with Gasteiger partial charge in [0.1, 0.15) is 6.07 Å². The summed E-state index contributed by atoms with van der Waals surface area (Å²) < 4.78 is 0. The van der Waals surface area contributed by atoms with Crippen molar-refractivity contribution in [3.63, 3.8) is 0 Å². The van der Waals surface area contributed by atoms with Crippen LogP contribution in [0.25, 0.3) is 0 Å². The van der Waals surface area contributed by atoms with Gasteiger partial charge in [0.05, 0.1) is 11.3 Å². The number of halogens is 1. The van der Waals surface area contributed by atoms with Gasteiger partial charge in [-0.15, -0.1) is 0 Å². The summed E-state index contributed by atoms with van der Waals surface area (Å²) in [5.41, 5.74) is 7.74. The summed E-state index contributed by atoms with van der Waals surface area (Å²) in [5.74, 6) is 0.490. The topological polar surface area (TPSA) is 53.0 Å². The number of rotatable bonds is 2. The fraction of sp³-hybridized carbons (Fsp3) is 0.500.